The molecule has 0 fully saturated rings. The smallest absolute Gasteiger partial charge is 0.399 e. The lowest BCUT2D eigenvalue weighted by atomic mass is 9.89. The molecule has 0 saturated carbocycles. The van der Waals surface area contributed by atoms with Crippen molar-refractivity contribution in [3.8, 4) is 0 Å². The summed E-state index contributed by atoms with van der Waals surface area (Å²) in [4.78, 5) is 3.75. The van der Waals surface area contributed by atoms with Gasteiger partial charge in [-0.2, -0.15) is 13.2 Å². The van der Waals surface area contributed by atoms with Crippen LogP contribution in [-0.4, -0.2) is 12.0 Å². The number of nitrogen functional groups attached to an aromatic ring is 1. The van der Waals surface area contributed by atoms with Crippen molar-refractivity contribution in [2.24, 2.45) is 4.99 Å². The highest BCUT2D eigenvalue weighted by molar-refractivity contribution is 5.92. The van der Waals surface area contributed by atoms with Gasteiger partial charge in [0.05, 0.1) is 0 Å². The molecule has 1 atom stereocenters. The van der Waals surface area contributed by atoms with Crippen LogP contribution >= 0.6 is 0 Å². The van der Waals surface area contributed by atoms with Gasteiger partial charge in [0.2, 0.25) is 5.84 Å². The van der Waals surface area contributed by atoms with E-state index in [1.165, 1.54) is 0 Å². The number of halogens is 3. The van der Waals surface area contributed by atoms with E-state index in [0.717, 1.165) is 5.56 Å². The largest absolute Gasteiger partial charge is 0.449 e. The molecule has 1 aromatic rings. The van der Waals surface area contributed by atoms with Gasteiger partial charge in [-0.25, -0.2) is 4.99 Å². The molecule has 0 saturated heterocycles. The maximum absolute atomic E-state index is 12.7. The summed E-state index contributed by atoms with van der Waals surface area (Å²) in [5, 5.41) is 2.22. The lowest BCUT2D eigenvalue weighted by Gasteiger charge is -2.22. The summed E-state index contributed by atoms with van der Waals surface area (Å²) in [6.45, 7) is 7.03. The maximum atomic E-state index is 12.7. The van der Waals surface area contributed by atoms with E-state index in [1.807, 2.05) is 0 Å². The van der Waals surface area contributed by atoms with E-state index >= 15 is 0 Å². The molecule has 0 bridgehead atoms. The zero-order chi connectivity index (χ0) is 14.4. The van der Waals surface area contributed by atoms with Crippen LogP contribution in [0.3, 0.4) is 0 Å². The van der Waals surface area contributed by atoms with Crippen molar-refractivity contribution in [3.05, 3.63) is 41.6 Å². The number of alkyl halides is 3. The van der Waals surface area contributed by atoms with Crippen molar-refractivity contribution >= 4 is 11.5 Å². The molecule has 0 amide bonds. The molecule has 0 aliphatic carbocycles. The van der Waals surface area contributed by atoms with Gasteiger partial charge < -0.3 is 11.1 Å². The molecule has 2 rings (SSSR count). The molecule has 0 spiro atoms. The Labute approximate surface area is 109 Å². The molecule has 1 aliphatic heterocycles. The summed E-state index contributed by atoms with van der Waals surface area (Å²) < 4.78 is 38.0. The molecule has 1 heterocycles. The predicted octanol–water partition coefficient (Wildman–Crippen LogP) is 2.87. The first-order valence-electron chi connectivity index (χ1n) is 5.64. The third kappa shape index (κ3) is 2.18. The molecular formula is C13H14F3N3. The Balaban J connectivity index is 2.50. The van der Waals surface area contributed by atoms with Crippen LogP contribution in [0.5, 0.6) is 0 Å². The minimum absolute atomic E-state index is 0.198. The average molecular weight is 269 g/mol. The second kappa shape index (κ2) is 4.01. The second-order valence-corrected chi connectivity index (χ2v) is 4.71. The van der Waals surface area contributed by atoms with Crippen LogP contribution in [0.25, 0.3) is 0 Å². The molecule has 1 unspecified atom stereocenters. The van der Waals surface area contributed by atoms with Crippen molar-refractivity contribution in [1.29, 1.82) is 0 Å². The lowest BCUT2D eigenvalue weighted by molar-refractivity contribution is -0.0609. The second-order valence-electron chi connectivity index (χ2n) is 4.71. The van der Waals surface area contributed by atoms with Gasteiger partial charge >= 0.3 is 6.18 Å². The summed E-state index contributed by atoms with van der Waals surface area (Å²) in [5.74, 6) is -1.02. The van der Waals surface area contributed by atoms with Crippen LogP contribution in [0.1, 0.15) is 18.1 Å². The normalized spacial score (nSPS) is 23.2. The van der Waals surface area contributed by atoms with Gasteiger partial charge in [-0.1, -0.05) is 18.7 Å². The minimum atomic E-state index is -4.51. The average Bonchev–Trinajstić information content (AvgIpc) is 2.60. The van der Waals surface area contributed by atoms with Gasteiger partial charge in [-0.3, -0.25) is 0 Å². The number of nitrogens with one attached hydrogen (secondary N) is 1. The Kier molecular flexibility index (Phi) is 2.84. The van der Waals surface area contributed by atoms with E-state index in [4.69, 9.17) is 5.73 Å². The summed E-state index contributed by atoms with van der Waals surface area (Å²) in [6.07, 6.45) is -4.51. The summed E-state index contributed by atoms with van der Waals surface area (Å²) in [7, 11) is 0. The van der Waals surface area contributed by atoms with Gasteiger partial charge in [0.25, 0.3) is 0 Å². The van der Waals surface area contributed by atoms with Crippen LogP contribution < -0.4 is 11.1 Å². The topological polar surface area (TPSA) is 50.4 Å². The van der Waals surface area contributed by atoms with E-state index in [9.17, 15) is 13.2 Å². The molecule has 0 radical (unpaired) electrons. The van der Waals surface area contributed by atoms with E-state index in [2.05, 4.69) is 16.9 Å². The summed E-state index contributed by atoms with van der Waals surface area (Å²) >= 11 is 0. The van der Waals surface area contributed by atoms with Gasteiger partial charge in [0.15, 0.2) is 0 Å². The van der Waals surface area contributed by atoms with Gasteiger partial charge in [-0.05, 0) is 31.0 Å². The van der Waals surface area contributed by atoms with Crippen LogP contribution in [0.15, 0.2) is 35.5 Å². The SMILES string of the molecule is C=C1NC(C(F)(F)F)=NC1(C)c1ccc(N)c(C)c1. The fraction of sp³-hybridized carbons (Fsp3) is 0.308. The van der Waals surface area contributed by atoms with Crippen LogP contribution in [0.4, 0.5) is 18.9 Å². The number of aliphatic imine (C=N–C) groups is 1. The summed E-state index contributed by atoms with van der Waals surface area (Å²) in [6, 6.07) is 5.05. The first-order valence-corrected chi connectivity index (χ1v) is 5.64. The molecule has 1 aliphatic rings. The first-order chi connectivity index (χ1) is 8.64. The molecule has 6 heteroatoms. The molecule has 102 valence electrons. The number of aryl methyl sites for hydroxylation is 1. The van der Waals surface area contributed by atoms with Crippen LogP contribution in [0, 0.1) is 6.92 Å². The third-order valence-electron chi connectivity index (χ3n) is 3.29. The molecule has 3 N–H and O–H groups in total. The quantitative estimate of drug-likeness (QED) is 0.770. The predicted molar refractivity (Wildman–Crippen MR) is 68.7 cm³/mol. The number of hydrogen-bond acceptors (Lipinski definition) is 3. The Morgan fingerprint density at radius 3 is 2.47 bits per heavy atom. The molecule has 3 nitrogen and oxygen atoms in total. The fourth-order valence-corrected chi connectivity index (χ4v) is 1.94. The number of rotatable bonds is 1. The van der Waals surface area contributed by atoms with Gasteiger partial charge in [0.1, 0.15) is 5.54 Å². The molecule has 19 heavy (non-hydrogen) atoms. The van der Waals surface area contributed by atoms with Crippen molar-refractivity contribution in [1.82, 2.24) is 5.32 Å². The highest BCUT2D eigenvalue weighted by Gasteiger charge is 2.46. The monoisotopic (exact) mass is 269 g/mol. The Morgan fingerprint density at radius 2 is 2.00 bits per heavy atom. The fourth-order valence-electron chi connectivity index (χ4n) is 1.94. The number of benzene rings is 1. The zero-order valence-corrected chi connectivity index (χ0v) is 10.6. The van der Waals surface area contributed by atoms with Crippen molar-refractivity contribution in [2.75, 3.05) is 5.73 Å². The van der Waals surface area contributed by atoms with Crippen molar-refractivity contribution in [3.63, 3.8) is 0 Å². The first kappa shape index (κ1) is 13.5. The number of nitrogens with two attached hydrogens (primary N) is 1. The van der Waals surface area contributed by atoms with Crippen molar-refractivity contribution in [2.45, 2.75) is 25.6 Å². The van der Waals surface area contributed by atoms with E-state index in [-0.39, 0.29) is 5.70 Å². The third-order valence-corrected chi connectivity index (χ3v) is 3.29. The maximum Gasteiger partial charge on any atom is 0.449 e. The van der Waals surface area contributed by atoms with E-state index < -0.39 is 17.6 Å². The molecule has 0 aromatic heterocycles. The van der Waals surface area contributed by atoms with Crippen molar-refractivity contribution < 1.29 is 13.2 Å². The zero-order valence-electron chi connectivity index (χ0n) is 10.6. The number of amidine groups is 1. The highest BCUT2D eigenvalue weighted by atomic mass is 19.4. The van der Waals surface area contributed by atoms with Crippen LogP contribution in [-0.2, 0) is 5.54 Å². The molecule has 1 aromatic carbocycles. The number of nitrogens with zero attached hydrogens (tertiary/aromatic N) is 1. The Morgan fingerprint density at radius 1 is 1.37 bits per heavy atom. The number of hydrogen-bond donors (Lipinski definition) is 2. The summed E-state index contributed by atoms with van der Waals surface area (Å²) in [5.41, 5.74) is 6.77. The Bertz CT molecular complexity index is 575. The van der Waals surface area contributed by atoms with Crippen LogP contribution in [0.2, 0.25) is 0 Å². The van der Waals surface area contributed by atoms with E-state index in [0.29, 0.717) is 11.3 Å². The highest BCUT2D eigenvalue weighted by Crippen LogP contribution is 2.38. The van der Waals surface area contributed by atoms with E-state index in [1.54, 1.807) is 32.0 Å². The van der Waals surface area contributed by atoms with Gasteiger partial charge in [0, 0.05) is 11.4 Å². The Hall–Kier alpha value is -1.98. The molecular weight excluding hydrogens is 255 g/mol. The van der Waals surface area contributed by atoms with Gasteiger partial charge in [-0.15, -0.1) is 0 Å². The minimum Gasteiger partial charge on any atom is -0.399 e. The standard InChI is InChI=1S/C13H14F3N3/c1-7-6-9(4-5-10(7)17)12(3)8(2)18-11(19-12)13(14,15)16/h4-6H,2,17H2,1,3H3,(H,18,19). The number of anilines is 1. The lowest BCUT2D eigenvalue weighted by Crippen LogP contribution is -2.33.